The van der Waals surface area contributed by atoms with E-state index in [0.29, 0.717) is 16.6 Å². The number of fused-ring (bicyclic) bond motifs is 1. The Morgan fingerprint density at radius 2 is 2.00 bits per heavy atom. The van der Waals surface area contributed by atoms with Gasteiger partial charge in [-0.3, -0.25) is 14.2 Å². The van der Waals surface area contributed by atoms with Crippen LogP contribution in [0.15, 0.2) is 46.3 Å². The molecular weight excluding hydrogens is 398 g/mol. The van der Waals surface area contributed by atoms with Crippen molar-refractivity contribution in [2.24, 2.45) is 0 Å². The molecule has 0 radical (unpaired) electrons. The minimum atomic E-state index is -0.937. The van der Waals surface area contributed by atoms with Gasteiger partial charge < -0.3 is 4.74 Å². The van der Waals surface area contributed by atoms with Crippen LogP contribution in [-0.4, -0.2) is 27.9 Å². The molecule has 0 spiro atoms. The molecule has 2 aromatic carbocycles. The molecule has 0 aliphatic heterocycles. The number of rotatable bonds is 4. The smallest absolute Gasteiger partial charge is 0.318 e. The highest BCUT2D eigenvalue weighted by molar-refractivity contribution is 8.00. The van der Waals surface area contributed by atoms with Crippen LogP contribution in [0.5, 0.6) is 0 Å². The quantitative estimate of drug-likeness (QED) is 0.370. The normalized spacial score (nSPS) is 12.2. The average Bonchev–Trinajstić information content (AvgIpc) is 2.63. The maximum atomic E-state index is 14.4. The first-order valence-electron chi connectivity index (χ1n) is 7.74. The number of benzene rings is 2. The molecule has 1 unspecified atom stereocenters. The van der Waals surface area contributed by atoms with Gasteiger partial charge in [-0.15, -0.1) is 0 Å². The number of methoxy groups -OCH3 is 1. The van der Waals surface area contributed by atoms with Crippen LogP contribution in [0.25, 0.3) is 16.6 Å². The Bertz CT molecular complexity index is 1100. The third-order valence-electron chi connectivity index (χ3n) is 3.77. The molecule has 0 N–H and O–H groups in total. The van der Waals surface area contributed by atoms with Crippen LogP contribution in [0, 0.1) is 11.6 Å². The number of carbonyl (C=O) groups is 1. The number of hydrogen-bond acceptors (Lipinski definition) is 5. The van der Waals surface area contributed by atoms with Crippen molar-refractivity contribution in [3.8, 4) is 5.69 Å². The molecule has 0 bridgehead atoms. The second-order valence-electron chi connectivity index (χ2n) is 5.58. The minimum Gasteiger partial charge on any atom is -0.468 e. The lowest BCUT2D eigenvalue weighted by Crippen LogP contribution is -2.24. The van der Waals surface area contributed by atoms with Crippen molar-refractivity contribution in [1.29, 1.82) is 0 Å². The molecule has 0 saturated carbocycles. The molecule has 3 aromatic rings. The Morgan fingerprint density at radius 3 is 2.67 bits per heavy atom. The number of nitrogens with zero attached hydrogens (tertiary/aromatic N) is 2. The number of hydrogen-bond donors (Lipinski definition) is 0. The number of ether oxygens (including phenoxy) is 1. The summed E-state index contributed by atoms with van der Waals surface area (Å²) >= 11 is 6.89. The number of carbonyl (C=O) groups excluding carboxylic acids is 1. The van der Waals surface area contributed by atoms with Crippen LogP contribution >= 0.6 is 23.4 Å². The molecule has 1 aromatic heterocycles. The van der Waals surface area contributed by atoms with E-state index in [0.717, 1.165) is 28.5 Å². The number of aromatic nitrogens is 2. The average molecular weight is 411 g/mol. The highest BCUT2D eigenvalue weighted by Gasteiger charge is 2.22. The second-order valence-corrected chi connectivity index (χ2v) is 7.32. The van der Waals surface area contributed by atoms with Gasteiger partial charge in [0.15, 0.2) is 5.16 Å². The van der Waals surface area contributed by atoms with Gasteiger partial charge in [-0.25, -0.2) is 13.8 Å². The molecule has 0 aliphatic rings. The standard InChI is InChI=1S/C18H13ClF2N2O3S/c1-9(17(25)26-2)27-18-22-14-5-3-10(19)7-12(14)16(24)23(18)15-6-4-11(20)8-13(15)21/h3-9H,1-2H3. The SMILES string of the molecule is COC(=O)C(C)Sc1nc2ccc(Cl)cc2c(=O)n1-c1ccc(F)cc1F. The highest BCUT2D eigenvalue weighted by atomic mass is 35.5. The first kappa shape index (κ1) is 19.3. The largest absolute Gasteiger partial charge is 0.468 e. The maximum Gasteiger partial charge on any atom is 0.318 e. The van der Waals surface area contributed by atoms with Crippen molar-refractivity contribution in [3.63, 3.8) is 0 Å². The van der Waals surface area contributed by atoms with Crippen LogP contribution in [-0.2, 0) is 9.53 Å². The van der Waals surface area contributed by atoms with E-state index in [1.807, 2.05) is 0 Å². The fraction of sp³-hybridized carbons (Fsp3) is 0.167. The Kier molecular flexibility index (Phi) is 5.48. The van der Waals surface area contributed by atoms with E-state index in [-0.39, 0.29) is 16.2 Å². The summed E-state index contributed by atoms with van der Waals surface area (Å²) in [6, 6.07) is 7.38. The summed E-state index contributed by atoms with van der Waals surface area (Å²) < 4.78 is 33.4. The van der Waals surface area contributed by atoms with Crippen LogP contribution < -0.4 is 5.56 Å². The Balaban J connectivity index is 2.30. The molecule has 3 rings (SSSR count). The maximum absolute atomic E-state index is 14.4. The van der Waals surface area contributed by atoms with E-state index >= 15 is 0 Å². The lowest BCUT2D eigenvalue weighted by Gasteiger charge is -2.16. The lowest BCUT2D eigenvalue weighted by molar-refractivity contribution is -0.139. The van der Waals surface area contributed by atoms with Crippen LogP contribution in [0.3, 0.4) is 0 Å². The van der Waals surface area contributed by atoms with Gasteiger partial charge in [-0.1, -0.05) is 23.4 Å². The van der Waals surface area contributed by atoms with Gasteiger partial charge in [0.25, 0.3) is 5.56 Å². The zero-order valence-electron chi connectivity index (χ0n) is 14.2. The summed E-state index contributed by atoms with van der Waals surface area (Å²) in [6.07, 6.45) is 0. The molecular formula is C18H13ClF2N2O3S. The molecule has 1 atom stereocenters. The van der Waals surface area contributed by atoms with E-state index in [1.54, 1.807) is 19.1 Å². The topological polar surface area (TPSA) is 61.2 Å². The first-order valence-corrected chi connectivity index (χ1v) is 9.00. The van der Waals surface area contributed by atoms with E-state index in [9.17, 15) is 18.4 Å². The molecule has 140 valence electrons. The van der Waals surface area contributed by atoms with E-state index in [2.05, 4.69) is 9.72 Å². The molecule has 0 aliphatic carbocycles. The predicted octanol–water partition coefficient (Wildman–Crippen LogP) is 3.97. The molecule has 0 saturated heterocycles. The fourth-order valence-corrected chi connectivity index (χ4v) is 3.58. The van der Waals surface area contributed by atoms with Gasteiger partial charge in [-0.05, 0) is 37.3 Å². The van der Waals surface area contributed by atoms with Crippen molar-refractivity contribution in [2.75, 3.05) is 7.11 Å². The van der Waals surface area contributed by atoms with Crippen LogP contribution in [0.2, 0.25) is 5.02 Å². The van der Waals surface area contributed by atoms with Crippen LogP contribution in [0.1, 0.15) is 6.92 Å². The van der Waals surface area contributed by atoms with Gasteiger partial charge in [0.1, 0.15) is 16.9 Å². The van der Waals surface area contributed by atoms with Gasteiger partial charge in [0, 0.05) is 11.1 Å². The van der Waals surface area contributed by atoms with E-state index in [1.165, 1.54) is 13.2 Å². The van der Waals surface area contributed by atoms with Gasteiger partial charge in [0.05, 0.1) is 23.7 Å². The fourth-order valence-electron chi connectivity index (χ4n) is 2.46. The summed E-state index contributed by atoms with van der Waals surface area (Å²) in [5, 5.41) is -0.156. The second kappa shape index (κ2) is 7.66. The van der Waals surface area contributed by atoms with Gasteiger partial charge in [-0.2, -0.15) is 0 Å². The molecule has 5 nitrogen and oxygen atoms in total. The highest BCUT2D eigenvalue weighted by Crippen LogP contribution is 2.27. The Hall–Kier alpha value is -2.45. The molecule has 9 heteroatoms. The Labute approximate surface area is 161 Å². The predicted molar refractivity (Wildman–Crippen MR) is 99.6 cm³/mol. The van der Waals surface area contributed by atoms with Gasteiger partial charge >= 0.3 is 5.97 Å². The zero-order chi connectivity index (χ0) is 19.7. The third-order valence-corrected chi connectivity index (χ3v) is 5.03. The van der Waals surface area contributed by atoms with Crippen molar-refractivity contribution in [2.45, 2.75) is 17.3 Å². The lowest BCUT2D eigenvalue weighted by atomic mass is 10.2. The van der Waals surface area contributed by atoms with Crippen molar-refractivity contribution < 1.29 is 18.3 Å². The number of thioether (sulfide) groups is 1. The Morgan fingerprint density at radius 1 is 1.26 bits per heavy atom. The van der Waals surface area contributed by atoms with Crippen LogP contribution in [0.4, 0.5) is 8.78 Å². The molecule has 1 heterocycles. The number of esters is 1. The summed E-state index contributed by atoms with van der Waals surface area (Å²) in [6.45, 7) is 1.57. The zero-order valence-corrected chi connectivity index (χ0v) is 15.8. The summed E-state index contributed by atoms with van der Waals surface area (Å²) in [5.74, 6) is -2.25. The summed E-state index contributed by atoms with van der Waals surface area (Å²) in [4.78, 5) is 29.2. The molecule has 0 fully saturated rings. The molecule has 27 heavy (non-hydrogen) atoms. The minimum absolute atomic E-state index is 0.0678. The third kappa shape index (κ3) is 3.81. The van der Waals surface area contributed by atoms with E-state index < -0.39 is 28.4 Å². The van der Waals surface area contributed by atoms with E-state index in [4.69, 9.17) is 11.6 Å². The summed E-state index contributed by atoms with van der Waals surface area (Å²) in [7, 11) is 1.24. The molecule has 0 amide bonds. The summed E-state index contributed by atoms with van der Waals surface area (Å²) in [5.41, 5.74) is -0.439. The first-order chi connectivity index (χ1) is 12.8. The number of halogens is 3. The van der Waals surface area contributed by atoms with Gasteiger partial charge in [0.2, 0.25) is 0 Å². The monoisotopic (exact) mass is 410 g/mol. The van der Waals surface area contributed by atoms with Crippen molar-refractivity contribution in [3.05, 3.63) is 63.4 Å². The van der Waals surface area contributed by atoms with Crippen molar-refractivity contribution >= 4 is 40.2 Å². The van der Waals surface area contributed by atoms with Crippen molar-refractivity contribution in [1.82, 2.24) is 9.55 Å².